The van der Waals surface area contributed by atoms with E-state index >= 15 is 0 Å². The number of carbonyl (C=O) groups is 1. The summed E-state index contributed by atoms with van der Waals surface area (Å²) in [5.74, 6) is 2.25. The van der Waals surface area contributed by atoms with Crippen LogP contribution in [-0.2, 0) is 6.42 Å². The van der Waals surface area contributed by atoms with Crippen LogP contribution in [0.25, 0.3) is 0 Å². The summed E-state index contributed by atoms with van der Waals surface area (Å²) in [4.78, 5) is 21.8. The Bertz CT molecular complexity index is 698. The minimum Gasteiger partial charge on any atom is -0.486 e. The van der Waals surface area contributed by atoms with E-state index in [0.717, 1.165) is 30.2 Å². The Labute approximate surface area is 141 Å². The first-order valence-corrected chi connectivity index (χ1v) is 8.42. The highest BCUT2D eigenvalue weighted by Crippen LogP contribution is 2.31. The lowest BCUT2D eigenvalue weighted by Crippen LogP contribution is -2.44. The Morgan fingerprint density at radius 3 is 2.83 bits per heavy atom. The standard InChI is InChI=1S/C18H23N3O3/c1-3-9-21(18(22)14-10-19-17(4-2)20-14)11-13-12-23-15-7-5-6-8-16(15)24-13/h5-8,10,13H,3-4,9,11-12H2,1-2H3,(H,19,20). The summed E-state index contributed by atoms with van der Waals surface area (Å²) in [6.07, 6.45) is 3.09. The van der Waals surface area contributed by atoms with Gasteiger partial charge < -0.3 is 19.4 Å². The van der Waals surface area contributed by atoms with Gasteiger partial charge in [0.2, 0.25) is 0 Å². The second-order valence-corrected chi connectivity index (χ2v) is 5.85. The monoisotopic (exact) mass is 329 g/mol. The van der Waals surface area contributed by atoms with Crippen LogP contribution in [0.4, 0.5) is 0 Å². The van der Waals surface area contributed by atoms with Gasteiger partial charge in [-0.1, -0.05) is 26.0 Å². The van der Waals surface area contributed by atoms with Crippen molar-refractivity contribution in [2.45, 2.75) is 32.8 Å². The minimum absolute atomic E-state index is 0.0495. The first-order valence-electron chi connectivity index (χ1n) is 8.42. The van der Waals surface area contributed by atoms with Crippen molar-refractivity contribution in [3.8, 4) is 11.5 Å². The molecule has 6 heteroatoms. The van der Waals surface area contributed by atoms with Crippen LogP contribution < -0.4 is 9.47 Å². The second-order valence-electron chi connectivity index (χ2n) is 5.85. The summed E-state index contributed by atoms with van der Waals surface area (Å²) in [6.45, 7) is 5.65. The fourth-order valence-electron chi connectivity index (χ4n) is 2.77. The van der Waals surface area contributed by atoms with Crippen molar-refractivity contribution in [2.75, 3.05) is 19.7 Å². The summed E-state index contributed by atoms with van der Waals surface area (Å²) in [7, 11) is 0. The molecule has 1 atom stereocenters. The molecule has 6 nitrogen and oxygen atoms in total. The average molecular weight is 329 g/mol. The number of hydrogen-bond donors (Lipinski definition) is 1. The number of aromatic amines is 1. The maximum Gasteiger partial charge on any atom is 0.272 e. The minimum atomic E-state index is -0.177. The van der Waals surface area contributed by atoms with Crippen LogP contribution in [0.5, 0.6) is 11.5 Å². The predicted octanol–water partition coefficient (Wildman–Crippen LogP) is 2.66. The summed E-state index contributed by atoms with van der Waals surface area (Å²) in [6, 6.07) is 7.60. The van der Waals surface area contributed by atoms with E-state index in [1.807, 2.05) is 31.2 Å². The smallest absolute Gasteiger partial charge is 0.272 e. The Balaban J connectivity index is 1.69. The van der Waals surface area contributed by atoms with Crippen LogP contribution in [0.3, 0.4) is 0 Å². The molecule has 2 heterocycles. The van der Waals surface area contributed by atoms with Crippen molar-refractivity contribution in [1.29, 1.82) is 0 Å². The topological polar surface area (TPSA) is 67.5 Å². The number of rotatable bonds is 6. The molecule has 24 heavy (non-hydrogen) atoms. The van der Waals surface area contributed by atoms with Crippen molar-refractivity contribution in [2.24, 2.45) is 0 Å². The fraction of sp³-hybridized carbons (Fsp3) is 0.444. The van der Waals surface area contributed by atoms with Crippen molar-refractivity contribution < 1.29 is 14.3 Å². The van der Waals surface area contributed by atoms with Crippen LogP contribution in [0.1, 0.15) is 36.6 Å². The zero-order valence-electron chi connectivity index (χ0n) is 14.1. The lowest BCUT2D eigenvalue weighted by molar-refractivity contribution is 0.0459. The van der Waals surface area contributed by atoms with Gasteiger partial charge in [0.25, 0.3) is 5.91 Å². The zero-order chi connectivity index (χ0) is 16.9. The van der Waals surface area contributed by atoms with Crippen molar-refractivity contribution in [3.05, 3.63) is 42.0 Å². The number of hydrogen-bond acceptors (Lipinski definition) is 4. The molecule has 0 bridgehead atoms. The molecule has 128 valence electrons. The van der Waals surface area contributed by atoms with E-state index in [9.17, 15) is 4.79 Å². The van der Waals surface area contributed by atoms with Gasteiger partial charge in [-0.25, -0.2) is 4.98 Å². The van der Waals surface area contributed by atoms with Gasteiger partial charge in [-0.2, -0.15) is 0 Å². The van der Waals surface area contributed by atoms with Crippen molar-refractivity contribution >= 4 is 5.91 Å². The largest absolute Gasteiger partial charge is 0.486 e. The number of imidazole rings is 1. The molecule has 1 unspecified atom stereocenters. The van der Waals surface area contributed by atoms with Crippen LogP contribution in [0, 0.1) is 0 Å². The molecule has 0 saturated heterocycles. The molecular formula is C18H23N3O3. The molecule has 1 aliphatic rings. The third-order valence-electron chi connectivity index (χ3n) is 3.97. The molecule has 2 aromatic rings. The molecule has 1 aliphatic heterocycles. The van der Waals surface area contributed by atoms with Crippen LogP contribution in [-0.4, -0.2) is 46.6 Å². The average Bonchev–Trinajstić information content (AvgIpc) is 3.10. The Kier molecular flexibility index (Phi) is 5.03. The van der Waals surface area contributed by atoms with Gasteiger partial charge in [0.15, 0.2) is 17.6 Å². The number of fused-ring (bicyclic) bond motifs is 1. The third-order valence-corrected chi connectivity index (χ3v) is 3.97. The lowest BCUT2D eigenvalue weighted by atomic mass is 10.2. The summed E-state index contributed by atoms with van der Waals surface area (Å²) < 4.78 is 11.7. The van der Waals surface area contributed by atoms with E-state index in [4.69, 9.17) is 9.47 Å². The summed E-state index contributed by atoms with van der Waals surface area (Å²) in [5.41, 5.74) is 0.525. The molecule has 0 saturated carbocycles. The number of ether oxygens (including phenoxy) is 2. The van der Waals surface area contributed by atoms with E-state index < -0.39 is 0 Å². The molecule has 0 radical (unpaired) electrons. The van der Waals surface area contributed by atoms with E-state index in [2.05, 4.69) is 16.9 Å². The molecule has 1 aromatic carbocycles. The second kappa shape index (κ2) is 7.38. The highest BCUT2D eigenvalue weighted by molar-refractivity contribution is 5.92. The Morgan fingerprint density at radius 2 is 2.12 bits per heavy atom. The number of H-pyrrole nitrogens is 1. The number of amides is 1. The normalized spacial score (nSPS) is 16.0. The van der Waals surface area contributed by atoms with Crippen LogP contribution in [0.15, 0.2) is 30.5 Å². The highest BCUT2D eigenvalue weighted by Gasteiger charge is 2.26. The fourth-order valence-corrected chi connectivity index (χ4v) is 2.77. The quantitative estimate of drug-likeness (QED) is 0.885. The number of aryl methyl sites for hydroxylation is 1. The number of para-hydroxylation sites is 2. The molecule has 1 amide bonds. The van der Waals surface area contributed by atoms with Crippen molar-refractivity contribution in [3.63, 3.8) is 0 Å². The van der Waals surface area contributed by atoms with Gasteiger partial charge in [-0.05, 0) is 18.6 Å². The van der Waals surface area contributed by atoms with Gasteiger partial charge in [-0.3, -0.25) is 4.79 Å². The first-order chi connectivity index (χ1) is 11.7. The number of nitrogens with one attached hydrogen (secondary N) is 1. The third kappa shape index (κ3) is 3.53. The Hall–Kier alpha value is -2.50. The van der Waals surface area contributed by atoms with Crippen LogP contribution >= 0.6 is 0 Å². The van der Waals surface area contributed by atoms with Crippen LogP contribution in [0.2, 0.25) is 0 Å². The number of carbonyl (C=O) groups excluding carboxylic acids is 1. The van der Waals surface area contributed by atoms with E-state index in [1.165, 1.54) is 0 Å². The molecular weight excluding hydrogens is 306 g/mol. The number of nitrogens with zero attached hydrogens (tertiary/aromatic N) is 2. The number of aromatic nitrogens is 2. The van der Waals surface area contributed by atoms with Gasteiger partial charge in [0.1, 0.15) is 18.1 Å². The van der Waals surface area contributed by atoms with Crippen molar-refractivity contribution in [1.82, 2.24) is 14.9 Å². The van der Waals surface area contributed by atoms with Gasteiger partial charge in [0, 0.05) is 13.0 Å². The maximum atomic E-state index is 12.7. The molecule has 1 N–H and O–H groups in total. The zero-order valence-corrected chi connectivity index (χ0v) is 14.1. The summed E-state index contributed by atoms with van der Waals surface area (Å²) in [5, 5.41) is 0. The highest BCUT2D eigenvalue weighted by atomic mass is 16.6. The molecule has 3 rings (SSSR count). The van der Waals surface area contributed by atoms with E-state index in [0.29, 0.717) is 25.4 Å². The predicted molar refractivity (Wildman–Crippen MR) is 90.5 cm³/mol. The van der Waals surface area contributed by atoms with Gasteiger partial charge in [-0.15, -0.1) is 0 Å². The molecule has 1 aromatic heterocycles. The van der Waals surface area contributed by atoms with E-state index in [-0.39, 0.29) is 12.0 Å². The SMILES string of the molecule is CCCN(CC1COc2ccccc2O1)C(=O)c1cnc(CC)[nH]1. The molecule has 0 spiro atoms. The molecule has 0 aliphatic carbocycles. The maximum absolute atomic E-state index is 12.7. The van der Waals surface area contributed by atoms with Gasteiger partial charge in [0.05, 0.1) is 12.7 Å². The lowest BCUT2D eigenvalue weighted by Gasteiger charge is -2.31. The summed E-state index contributed by atoms with van der Waals surface area (Å²) >= 11 is 0. The molecule has 0 fully saturated rings. The number of benzene rings is 1. The Morgan fingerprint density at radius 1 is 1.33 bits per heavy atom. The van der Waals surface area contributed by atoms with Gasteiger partial charge >= 0.3 is 0 Å². The van der Waals surface area contributed by atoms with E-state index in [1.54, 1.807) is 11.1 Å². The first kappa shape index (κ1) is 16.4.